The van der Waals surface area contributed by atoms with Crippen LogP contribution < -0.4 is 15.4 Å². The van der Waals surface area contributed by atoms with Crippen molar-refractivity contribution in [1.29, 1.82) is 0 Å². The van der Waals surface area contributed by atoms with Crippen molar-refractivity contribution in [3.8, 4) is 10.6 Å². The van der Waals surface area contributed by atoms with Gasteiger partial charge in [-0.3, -0.25) is 0 Å². The highest BCUT2D eigenvalue weighted by Gasteiger charge is 2.12. The Balaban J connectivity index is 1.52. The first kappa shape index (κ1) is 20.0. The monoisotopic (exact) mass is 416 g/mol. The van der Waals surface area contributed by atoms with Crippen LogP contribution in [0.3, 0.4) is 0 Å². The molecule has 1 heterocycles. The summed E-state index contributed by atoms with van der Waals surface area (Å²) in [6.07, 6.45) is 0. The first-order chi connectivity index (χ1) is 13.5. The zero-order chi connectivity index (χ0) is 20.0. The summed E-state index contributed by atoms with van der Waals surface area (Å²) in [7, 11) is -2.16. The molecular weight excluding hydrogens is 396 g/mol. The normalized spacial score (nSPS) is 11.2. The molecule has 0 aliphatic carbocycles. The van der Waals surface area contributed by atoms with Gasteiger partial charge in [-0.25, -0.2) is 22.9 Å². The summed E-state index contributed by atoms with van der Waals surface area (Å²) in [5.41, 5.74) is 2.51. The molecule has 0 aliphatic rings. The van der Waals surface area contributed by atoms with Gasteiger partial charge in [0.05, 0.1) is 17.1 Å². The number of hydrogen-bond donors (Lipinski definition) is 3. The van der Waals surface area contributed by atoms with Gasteiger partial charge >= 0.3 is 6.03 Å². The summed E-state index contributed by atoms with van der Waals surface area (Å²) < 4.78 is 25.9. The molecule has 28 heavy (non-hydrogen) atoms. The predicted octanol–water partition coefficient (Wildman–Crippen LogP) is 2.72. The smallest absolute Gasteiger partial charge is 0.315 e. The molecular formula is C19H20N4O3S2. The molecule has 3 aromatic rings. The number of sulfonamides is 1. The lowest BCUT2D eigenvalue weighted by molar-refractivity contribution is 0.240. The van der Waals surface area contributed by atoms with Crippen molar-refractivity contribution >= 4 is 27.4 Å². The average Bonchev–Trinajstić information content (AvgIpc) is 3.21. The van der Waals surface area contributed by atoms with Crippen LogP contribution in [0.25, 0.3) is 10.6 Å². The Morgan fingerprint density at radius 1 is 1.04 bits per heavy atom. The van der Waals surface area contributed by atoms with Gasteiger partial charge in [-0.15, -0.1) is 11.3 Å². The number of nitrogens with zero attached hydrogens (tertiary/aromatic N) is 1. The van der Waals surface area contributed by atoms with Crippen LogP contribution in [0.1, 0.15) is 11.3 Å². The molecule has 2 amide bonds. The second kappa shape index (κ2) is 8.96. The van der Waals surface area contributed by atoms with Crippen LogP contribution in [-0.4, -0.2) is 26.5 Å². The van der Waals surface area contributed by atoms with Crippen molar-refractivity contribution in [1.82, 2.24) is 20.3 Å². The van der Waals surface area contributed by atoms with E-state index in [0.717, 1.165) is 16.3 Å². The molecule has 0 spiro atoms. The molecule has 0 unspecified atom stereocenters. The number of urea groups is 1. The summed E-state index contributed by atoms with van der Waals surface area (Å²) in [4.78, 5) is 16.7. The fraction of sp³-hybridized carbons (Fsp3) is 0.158. The standard InChI is InChI=1S/C19H20N4O3S2/c1-20-28(25,26)17-9-5-6-14(10-17)11-21-19(24)22-12-16-13-27-18(23-16)15-7-3-2-4-8-15/h2-10,13,20H,11-12H2,1H3,(H2,21,22,24). The number of thiazole rings is 1. The molecule has 0 aliphatic heterocycles. The van der Waals surface area contributed by atoms with Gasteiger partial charge in [-0.05, 0) is 24.7 Å². The molecule has 0 fully saturated rings. The highest BCUT2D eigenvalue weighted by atomic mass is 32.2. The Morgan fingerprint density at radius 3 is 2.54 bits per heavy atom. The van der Waals surface area contributed by atoms with E-state index in [1.807, 2.05) is 35.7 Å². The van der Waals surface area contributed by atoms with Gasteiger partial charge in [0, 0.05) is 17.5 Å². The lowest BCUT2D eigenvalue weighted by Crippen LogP contribution is -2.34. The maximum Gasteiger partial charge on any atom is 0.315 e. The first-order valence-corrected chi connectivity index (χ1v) is 10.9. The molecule has 9 heteroatoms. The van der Waals surface area contributed by atoms with E-state index in [-0.39, 0.29) is 17.5 Å². The van der Waals surface area contributed by atoms with Gasteiger partial charge in [0.25, 0.3) is 0 Å². The fourth-order valence-corrected chi connectivity index (χ4v) is 4.08. The molecule has 0 atom stereocenters. The number of carbonyl (C=O) groups excluding carboxylic acids is 1. The van der Waals surface area contributed by atoms with E-state index in [2.05, 4.69) is 20.3 Å². The molecule has 146 valence electrons. The molecule has 2 aromatic carbocycles. The third-order valence-corrected chi connectivity index (χ3v) is 6.29. The summed E-state index contributed by atoms with van der Waals surface area (Å²) in [6.45, 7) is 0.522. The number of amides is 2. The van der Waals surface area contributed by atoms with Gasteiger partial charge in [-0.1, -0.05) is 42.5 Å². The van der Waals surface area contributed by atoms with Crippen LogP contribution >= 0.6 is 11.3 Å². The van der Waals surface area contributed by atoms with Gasteiger partial charge in [0.1, 0.15) is 5.01 Å². The van der Waals surface area contributed by atoms with Crippen LogP contribution in [0.2, 0.25) is 0 Å². The second-order valence-electron chi connectivity index (χ2n) is 5.90. The Labute approximate surface area is 167 Å². The van der Waals surface area contributed by atoms with E-state index < -0.39 is 10.0 Å². The zero-order valence-electron chi connectivity index (χ0n) is 15.2. The highest BCUT2D eigenvalue weighted by molar-refractivity contribution is 7.89. The highest BCUT2D eigenvalue weighted by Crippen LogP contribution is 2.23. The van der Waals surface area contributed by atoms with Crippen LogP contribution in [-0.2, 0) is 23.1 Å². The van der Waals surface area contributed by atoms with Crippen LogP contribution in [0.4, 0.5) is 4.79 Å². The zero-order valence-corrected chi connectivity index (χ0v) is 16.8. The van der Waals surface area contributed by atoms with Gasteiger partial charge in [-0.2, -0.15) is 0 Å². The molecule has 3 N–H and O–H groups in total. The molecule has 0 bridgehead atoms. The lowest BCUT2D eigenvalue weighted by atomic mass is 10.2. The quantitative estimate of drug-likeness (QED) is 0.551. The van der Waals surface area contributed by atoms with E-state index >= 15 is 0 Å². The Kier molecular flexibility index (Phi) is 6.40. The van der Waals surface area contributed by atoms with Crippen molar-refractivity contribution in [3.63, 3.8) is 0 Å². The third-order valence-electron chi connectivity index (χ3n) is 3.93. The summed E-state index contributed by atoms with van der Waals surface area (Å²) in [6, 6.07) is 15.9. The minimum atomic E-state index is -3.51. The molecule has 3 rings (SSSR count). The minimum absolute atomic E-state index is 0.158. The van der Waals surface area contributed by atoms with Gasteiger partial charge in [0.2, 0.25) is 10.0 Å². The SMILES string of the molecule is CNS(=O)(=O)c1cccc(CNC(=O)NCc2csc(-c3ccccc3)n2)c1. The van der Waals surface area contributed by atoms with Gasteiger partial charge < -0.3 is 10.6 Å². The van der Waals surface area contributed by atoms with Crippen molar-refractivity contribution in [2.24, 2.45) is 0 Å². The Morgan fingerprint density at radius 2 is 1.79 bits per heavy atom. The molecule has 0 saturated carbocycles. The van der Waals surface area contributed by atoms with E-state index in [1.54, 1.807) is 12.1 Å². The Bertz CT molecular complexity index is 1050. The Hall–Kier alpha value is -2.75. The second-order valence-corrected chi connectivity index (χ2v) is 8.65. The van der Waals surface area contributed by atoms with Crippen molar-refractivity contribution < 1.29 is 13.2 Å². The number of rotatable bonds is 7. The van der Waals surface area contributed by atoms with Crippen LogP contribution in [0.15, 0.2) is 64.9 Å². The van der Waals surface area contributed by atoms with E-state index in [4.69, 9.17) is 0 Å². The summed E-state index contributed by atoms with van der Waals surface area (Å²) >= 11 is 1.52. The maximum absolute atomic E-state index is 12.0. The molecule has 1 aromatic heterocycles. The molecule has 0 saturated heterocycles. The largest absolute Gasteiger partial charge is 0.334 e. The average molecular weight is 417 g/mol. The summed E-state index contributed by atoms with van der Waals surface area (Å²) in [5.74, 6) is 0. The van der Waals surface area contributed by atoms with Crippen molar-refractivity contribution in [2.75, 3.05) is 7.05 Å². The first-order valence-electron chi connectivity index (χ1n) is 8.52. The topological polar surface area (TPSA) is 100 Å². The van der Waals surface area contributed by atoms with Crippen molar-refractivity contribution in [2.45, 2.75) is 18.0 Å². The molecule has 0 radical (unpaired) electrons. The minimum Gasteiger partial charge on any atom is -0.334 e. The van der Waals surface area contributed by atoms with Crippen molar-refractivity contribution in [3.05, 3.63) is 71.2 Å². The maximum atomic E-state index is 12.0. The van der Waals surface area contributed by atoms with E-state index in [9.17, 15) is 13.2 Å². The predicted molar refractivity (Wildman–Crippen MR) is 109 cm³/mol. The fourth-order valence-electron chi connectivity index (χ4n) is 2.46. The van der Waals surface area contributed by atoms with E-state index in [1.165, 1.54) is 30.5 Å². The number of aromatic nitrogens is 1. The third kappa shape index (κ3) is 5.16. The number of carbonyl (C=O) groups is 1. The van der Waals surface area contributed by atoms with E-state index in [0.29, 0.717) is 12.1 Å². The summed E-state index contributed by atoms with van der Waals surface area (Å²) in [5, 5.41) is 8.28. The molecule has 7 nitrogen and oxygen atoms in total. The number of hydrogen-bond acceptors (Lipinski definition) is 5. The number of benzene rings is 2. The van der Waals surface area contributed by atoms with Gasteiger partial charge in [0.15, 0.2) is 0 Å². The van der Waals surface area contributed by atoms with Crippen LogP contribution in [0, 0.1) is 0 Å². The lowest BCUT2D eigenvalue weighted by Gasteiger charge is -2.08. The number of nitrogens with one attached hydrogen (secondary N) is 3. The van der Waals surface area contributed by atoms with Crippen LogP contribution in [0.5, 0.6) is 0 Å².